The average Bonchev–Trinajstić information content (AvgIpc) is 2.91. The van der Waals surface area contributed by atoms with Crippen LogP contribution >= 0.6 is 11.8 Å². The van der Waals surface area contributed by atoms with E-state index in [1.807, 2.05) is 0 Å². The lowest BCUT2D eigenvalue weighted by Gasteiger charge is -2.39. The van der Waals surface area contributed by atoms with Crippen molar-refractivity contribution in [3.8, 4) is 0 Å². The van der Waals surface area contributed by atoms with Gasteiger partial charge in [0.1, 0.15) is 0 Å². The summed E-state index contributed by atoms with van der Waals surface area (Å²) in [7, 11) is 0. The Labute approximate surface area is 127 Å². The first-order chi connectivity index (χ1) is 9.80. The second-order valence-corrected chi connectivity index (χ2v) is 7.54. The summed E-state index contributed by atoms with van der Waals surface area (Å²) in [5.41, 5.74) is 1.47. The summed E-state index contributed by atoms with van der Waals surface area (Å²) >= 11 is 2.18. The molecule has 1 N–H and O–H groups in total. The fourth-order valence-corrected chi connectivity index (χ4v) is 4.85. The Morgan fingerprint density at radius 2 is 2.00 bits per heavy atom. The van der Waals surface area contributed by atoms with E-state index in [1.54, 1.807) is 0 Å². The first-order valence-corrected chi connectivity index (χ1v) is 8.96. The zero-order valence-electron chi connectivity index (χ0n) is 12.5. The minimum atomic E-state index is 0.407. The molecule has 2 aliphatic heterocycles. The molecule has 2 saturated heterocycles. The summed E-state index contributed by atoms with van der Waals surface area (Å²) in [4.78, 5) is 3.05. The highest BCUT2D eigenvalue weighted by Crippen LogP contribution is 2.39. The zero-order chi connectivity index (χ0) is 13.8. The van der Waals surface area contributed by atoms with Gasteiger partial charge in [-0.15, -0.1) is 11.8 Å². The number of hydrogen-bond donors (Lipinski definition) is 1. The number of thioether (sulfide) groups is 1. The van der Waals surface area contributed by atoms with E-state index >= 15 is 0 Å². The van der Waals surface area contributed by atoms with Gasteiger partial charge in [-0.05, 0) is 31.2 Å². The molecule has 0 aromatic heterocycles. The van der Waals surface area contributed by atoms with E-state index < -0.39 is 0 Å². The van der Waals surface area contributed by atoms with Gasteiger partial charge in [0.15, 0.2) is 0 Å². The molecule has 20 heavy (non-hydrogen) atoms. The van der Waals surface area contributed by atoms with E-state index in [9.17, 15) is 0 Å². The maximum Gasteiger partial charge on any atom is 0.0672 e. The van der Waals surface area contributed by atoms with E-state index in [0.717, 1.165) is 6.04 Å². The summed E-state index contributed by atoms with van der Waals surface area (Å²) in [6.07, 6.45) is 5.07. The van der Waals surface area contributed by atoms with Crippen LogP contribution in [0.4, 0.5) is 0 Å². The van der Waals surface area contributed by atoms with Crippen LogP contribution in [0.3, 0.4) is 0 Å². The fourth-order valence-electron chi connectivity index (χ4n) is 3.29. The van der Waals surface area contributed by atoms with E-state index in [1.165, 1.54) is 56.6 Å². The molecule has 0 amide bonds. The average molecular weight is 290 g/mol. The first kappa shape index (κ1) is 14.4. The van der Waals surface area contributed by atoms with E-state index in [0.29, 0.717) is 4.87 Å². The molecule has 1 aromatic carbocycles. The van der Waals surface area contributed by atoms with Crippen molar-refractivity contribution in [2.45, 2.75) is 43.5 Å². The molecule has 2 nitrogen and oxygen atoms in total. The van der Waals surface area contributed by atoms with Gasteiger partial charge in [-0.3, -0.25) is 5.32 Å². The van der Waals surface area contributed by atoms with Gasteiger partial charge in [-0.25, -0.2) is 0 Å². The van der Waals surface area contributed by atoms with E-state index in [-0.39, 0.29) is 0 Å². The van der Waals surface area contributed by atoms with Crippen molar-refractivity contribution in [3.05, 3.63) is 35.9 Å². The molecule has 2 aliphatic rings. The second kappa shape index (κ2) is 6.50. The van der Waals surface area contributed by atoms with Crippen LogP contribution in [0, 0.1) is 0 Å². The smallest absolute Gasteiger partial charge is 0.0672 e. The Morgan fingerprint density at radius 3 is 2.65 bits per heavy atom. The summed E-state index contributed by atoms with van der Waals surface area (Å²) < 4.78 is 0. The van der Waals surface area contributed by atoms with Crippen molar-refractivity contribution >= 4 is 11.8 Å². The number of hydrogen-bond acceptors (Lipinski definition) is 3. The summed E-state index contributed by atoms with van der Waals surface area (Å²) in [6.45, 7) is 6.01. The van der Waals surface area contributed by atoms with Crippen LogP contribution in [0.2, 0.25) is 0 Å². The molecule has 3 rings (SSSR count). The normalized spacial score (nSPS) is 26.1. The minimum Gasteiger partial charge on any atom is -0.303 e. The second-order valence-electron chi connectivity index (χ2n) is 6.13. The molecule has 1 atom stereocenters. The molecule has 0 aliphatic carbocycles. The van der Waals surface area contributed by atoms with Gasteiger partial charge in [0.25, 0.3) is 0 Å². The maximum absolute atomic E-state index is 3.89. The molecule has 0 saturated carbocycles. The molecule has 0 radical (unpaired) electrons. The molecular formula is C17H26N2S. The number of benzene rings is 1. The van der Waals surface area contributed by atoms with Crippen LogP contribution in [0.15, 0.2) is 30.3 Å². The van der Waals surface area contributed by atoms with E-state index in [2.05, 4.69) is 59.2 Å². The predicted octanol–water partition coefficient (Wildman–Crippen LogP) is 3.14. The molecule has 2 heterocycles. The lowest BCUT2D eigenvalue weighted by atomic mass is 10.0. The standard InChI is InChI=1S/C17H26N2S/c1-2-16-14-20-17(18-16)9-12-19(13-10-17)11-8-15-6-4-3-5-7-15/h3-7,16,18H,2,8-14H2,1H3. The van der Waals surface area contributed by atoms with Crippen LogP contribution < -0.4 is 5.32 Å². The SMILES string of the molecule is CCC1CSC2(CCN(CCc3ccccc3)CC2)N1. The van der Waals surface area contributed by atoms with Crippen molar-refractivity contribution in [3.63, 3.8) is 0 Å². The fraction of sp³-hybridized carbons (Fsp3) is 0.647. The van der Waals surface area contributed by atoms with Gasteiger partial charge in [-0.1, -0.05) is 37.3 Å². The number of rotatable bonds is 4. The highest BCUT2D eigenvalue weighted by molar-refractivity contribution is 8.00. The summed E-state index contributed by atoms with van der Waals surface area (Å²) in [5.74, 6) is 1.31. The summed E-state index contributed by atoms with van der Waals surface area (Å²) in [6, 6.07) is 11.6. The number of nitrogens with zero attached hydrogens (tertiary/aromatic N) is 1. The van der Waals surface area contributed by atoms with Crippen molar-refractivity contribution in [1.29, 1.82) is 0 Å². The molecule has 1 aromatic rings. The number of nitrogens with one attached hydrogen (secondary N) is 1. The van der Waals surface area contributed by atoms with E-state index in [4.69, 9.17) is 0 Å². The Kier molecular flexibility index (Phi) is 4.69. The van der Waals surface area contributed by atoms with Gasteiger partial charge in [0.2, 0.25) is 0 Å². The highest BCUT2D eigenvalue weighted by Gasteiger charge is 2.40. The molecular weight excluding hydrogens is 264 g/mol. The molecule has 0 bridgehead atoms. The van der Waals surface area contributed by atoms with Crippen LogP contribution in [0.25, 0.3) is 0 Å². The monoisotopic (exact) mass is 290 g/mol. The van der Waals surface area contributed by atoms with Gasteiger partial charge in [-0.2, -0.15) is 0 Å². The Morgan fingerprint density at radius 1 is 1.25 bits per heavy atom. The minimum absolute atomic E-state index is 0.407. The highest BCUT2D eigenvalue weighted by atomic mass is 32.2. The van der Waals surface area contributed by atoms with Gasteiger partial charge < -0.3 is 4.90 Å². The molecule has 3 heteroatoms. The third-order valence-corrected chi connectivity index (χ3v) is 6.39. The predicted molar refractivity (Wildman–Crippen MR) is 88.2 cm³/mol. The quantitative estimate of drug-likeness (QED) is 0.917. The Hall–Kier alpha value is -0.510. The van der Waals surface area contributed by atoms with Crippen molar-refractivity contribution in [2.24, 2.45) is 0 Å². The van der Waals surface area contributed by atoms with Crippen LogP contribution in [0.1, 0.15) is 31.7 Å². The number of piperidine rings is 1. The largest absolute Gasteiger partial charge is 0.303 e. The van der Waals surface area contributed by atoms with Gasteiger partial charge in [0.05, 0.1) is 4.87 Å². The first-order valence-electron chi connectivity index (χ1n) is 7.98. The van der Waals surface area contributed by atoms with Crippen LogP contribution in [-0.2, 0) is 6.42 Å². The lowest BCUT2D eigenvalue weighted by Crippen LogP contribution is -2.50. The lowest BCUT2D eigenvalue weighted by molar-refractivity contribution is 0.184. The van der Waals surface area contributed by atoms with Gasteiger partial charge >= 0.3 is 0 Å². The summed E-state index contributed by atoms with van der Waals surface area (Å²) in [5, 5.41) is 3.89. The van der Waals surface area contributed by atoms with Crippen molar-refractivity contribution < 1.29 is 0 Å². The zero-order valence-corrected chi connectivity index (χ0v) is 13.3. The Bertz CT molecular complexity index is 412. The Balaban J connectivity index is 1.45. The van der Waals surface area contributed by atoms with Crippen molar-refractivity contribution in [2.75, 3.05) is 25.4 Å². The molecule has 110 valence electrons. The van der Waals surface area contributed by atoms with Crippen LogP contribution in [0.5, 0.6) is 0 Å². The number of likely N-dealkylation sites (tertiary alicyclic amines) is 1. The maximum atomic E-state index is 3.89. The molecule has 1 unspecified atom stereocenters. The molecule has 1 spiro atoms. The van der Waals surface area contributed by atoms with Crippen LogP contribution in [-0.4, -0.2) is 41.2 Å². The third kappa shape index (κ3) is 3.38. The topological polar surface area (TPSA) is 15.3 Å². The van der Waals surface area contributed by atoms with Gasteiger partial charge in [0, 0.05) is 31.4 Å². The third-order valence-electron chi connectivity index (χ3n) is 4.74. The molecule has 2 fully saturated rings. The van der Waals surface area contributed by atoms with Crippen molar-refractivity contribution in [1.82, 2.24) is 10.2 Å².